The molecule has 0 radical (unpaired) electrons. The van der Waals surface area contributed by atoms with Crippen LogP contribution in [0.1, 0.15) is 6.42 Å². The van der Waals surface area contributed by atoms with Crippen LogP contribution in [0.4, 0.5) is 17.1 Å². The standard InChI is InChI=1S/C12H12ClN3O3/c1-2-7-3-12(17)15(6-7)11-5-10(16(18)19)8(13)4-9(11)14/h2,4-5,7H,1,3,6,14H2. The van der Waals surface area contributed by atoms with Gasteiger partial charge in [-0.2, -0.15) is 0 Å². The lowest BCUT2D eigenvalue weighted by Gasteiger charge is -2.18. The van der Waals surface area contributed by atoms with Crippen LogP contribution in [0.3, 0.4) is 0 Å². The molecular weight excluding hydrogens is 270 g/mol. The second-order valence-corrected chi connectivity index (χ2v) is 4.73. The van der Waals surface area contributed by atoms with Gasteiger partial charge in [-0.15, -0.1) is 6.58 Å². The van der Waals surface area contributed by atoms with Crippen molar-refractivity contribution in [2.24, 2.45) is 5.92 Å². The predicted molar refractivity (Wildman–Crippen MR) is 73.2 cm³/mol. The molecule has 19 heavy (non-hydrogen) atoms. The van der Waals surface area contributed by atoms with Crippen molar-refractivity contribution in [3.05, 3.63) is 39.9 Å². The highest BCUT2D eigenvalue weighted by molar-refractivity contribution is 6.33. The zero-order chi connectivity index (χ0) is 14.2. The van der Waals surface area contributed by atoms with Crippen molar-refractivity contribution < 1.29 is 9.72 Å². The Balaban J connectivity index is 2.45. The lowest BCUT2D eigenvalue weighted by Crippen LogP contribution is -2.25. The van der Waals surface area contributed by atoms with Gasteiger partial charge in [-0.05, 0) is 6.07 Å². The maximum Gasteiger partial charge on any atom is 0.290 e. The van der Waals surface area contributed by atoms with Crippen LogP contribution >= 0.6 is 11.6 Å². The van der Waals surface area contributed by atoms with Crippen molar-refractivity contribution in [1.82, 2.24) is 0 Å². The average molecular weight is 282 g/mol. The number of benzene rings is 1. The van der Waals surface area contributed by atoms with E-state index in [-0.39, 0.29) is 28.2 Å². The second-order valence-electron chi connectivity index (χ2n) is 4.32. The molecule has 2 rings (SSSR count). The van der Waals surface area contributed by atoms with Crippen molar-refractivity contribution in [3.8, 4) is 0 Å². The number of nitro groups is 1. The van der Waals surface area contributed by atoms with E-state index in [1.165, 1.54) is 17.0 Å². The van der Waals surface area contributed by atoms with Crippen LogP contribution in [0.25, 0.3) is 0 Å². The molecule has 1 aromatic carbocycles. The number of hydrogen-bond donors (Lipinski definition) is 1. The van der Waals surface area contributed by atoms with Crippen molar-refractivity contribution in [3.63, 3.8) is 0 Å². The quantitative estimate of drug-likeness (QED) is 0.399. The minimum absolute atomic E-state index is 0.0293. The molecule has 1 fully saturated rings. The predicted octanol–water partition coefficient (Wildman–Crippen LogP) is 2.37. The van der Waals surface area contributed by atoms with Gasteiger partial charge in [-0.1, -0.05) is 17.7 Å². The molecule has 0 spiro atoms. The third-order valence-corrected chi connectivity index (χ3v) is 3.37. The first-order valence-corrected chi connectivity index (χ1v) is 5.98. The van der Waals surface area contributed by atoms with Gasteiger partial charge in [0.2, 0.25) is 5.91 Å². The highest BCUT2D eigenvalue weighted by Gasteiger charge is 2.31. The van der Waals surface area contributed by atoms with E-state index in [0.29, 0.717) is 18.7 Å². The van der Waals surface area contributed by atoms with Crippen molar-refractivity contribution in [2.45, 2.75) is 6.42 Å². The molecule has 1 aliphatic rings. The molecular formula is C12H12ClN3O3. The topological polar surface area (TPSA) is 89.5 Å². The number of carbonyl (C=O) groups excluding carboxylic acids is 1. The van der Waals surface area contributed by atoms with Gasteiger partial charge in [0, 0.05) is 24.9 Å². The SMILES string of the molecule is C=CC1CC(=O)N(c2cc([N+](=O)[O-])c(Cl)cc2N)C1. The van der Waals surface area contributed by atoms with Crippen molar-refractivity contribution in [1.29, 1.82) is 0 Å². The second kappa shape index (κ2) is 4.89. The number of nitrogens with zero attached hydrogens (tertiary/aromatic N) is 2. The van der Waals surface area contributed by atoms with E-state index >= 15 is 0 Å². The van der Waals surface area contributed by atoms with Crippen LogP contribution in [0.5, 0.6) is 0 Å². The van der Waals surface area contributed by atoms with Gasteiger partial charge in [-0.3, -0.25) is 14.9 Å². The first kappa shape index (κ1) is 13.4. The van der Waals surface area contributed by atoms with Gasteiger partial charge in [-0.25, -0.2) is 0 Å². The van der Waals surface area contributed by atoms with E-state index in [9.17, 15) is 14.9 Å². The molecule has 7 heteroatoms. The molecule has 100 valence electrons. The minimum atomic E-state index is -0.600. The number of nitrogens with two attached hydrogens (primary N) is 1. The first-order valence-electron chi connectivity index (χ1n) is 5.60. The van der Waals surface area contributed by atoms with Crippen LogP contribution in [0.15, 0.2) is 24.8 Å². The average Bonchev–Trinajstić information content (AvgIpc) is 2.70. The van der Waals surface area contributed by atoms with E-state index in [1.54, 1.807) is 6.08 Å². The van der Waals surface area contributed by atoms with Crippen molar-refractivity contribution >= 4 is 34.6 Å². The summed E-state index contributed by atoms with van der Waals surface area (Å²) in [6.07, 6.45) is 2.03. The largest absolute Gasteiger partial charge is 0.397 e. The van der Waals surface area contributed by atoms with E-state index in [2.05, 4.69) is 6.58 Å². The summed E-state index contributed by atoms with van der Waals surface area (Å²) in [5.74, 6) is -0.102. The van der Waals surface area contributed by atoms with Crippen LogP contribution in [-0.4, -0.2) is 17.4 Å². The first-order chi connectivity index (χ1) is 8.93. The summed E-state index contributed by atoms with van der Waals surface area (Å²) < 4.78 is 0. The van der Waals surface area contributed by atoms with Gasteiger partial charge in [0.05, 0.1) is 16.3 Å². The van der Waals surface area contributed by atoms with Gasteiger partial charge < -0.3 is 10.6 Å². The fraction of sp³-hybridized carbons (Fsp3) is 0.250. The molecule has 0 saturated carbocycles. The molecule has 1 atom stereocenters. The molecule has 1 amide bonds. The monoisotopic (exact) mass is 281 g/mol. The molecule has 0 aliphatic carbocycles. The number of amides is 1. The van der Waals surface area contributed by atoms with Gasteiger partial charge in [0.15, 0.2) is 0 Å². The van der Waals surface area contributed by atoms with Crippen LogP contribution in [0.2, 0.25) is 5.02 Å². The number of carbonyl (C=O) groups is 1. The summed E-state index contributed by atoms with van der Waals surface area (Å²) in [6, 6.07) is 2.53. The zero-order valence-electron chi connectivity index (χ0n) is 10.0. The third kappa shape index (κ3) is 2.39. The van der Waals surface area contributed by atoms with E-state index in [1.807, 2.05) is 0 Å². The molecule has 1 unspecified atom stereocenters. The number of nitro benzene ring substituents is 1. The molecule has 1 saturated heterocycles. The van der Waals surface area contributed by atoms with Gasteiger partial charge in [0.25, 0.3) is 5.69 Å². The number of nitrogen functional groups attached to an aromatic ring is 1. The highest BCUT2D eigenvalue weighted by Crippen LogP contribution is 2.37. The highest BCUT2D eigenvalue weighted by atomic mass is 35.5. The summed E-state index contributed by atoms with van der Waals surface area (Å²) in [4.78, 5) is 23.6. The number of halogens is 1. The Morgan fingerprint density at radius 3 is 2.79 bits per heavy atom. The fourth-order valence-corrected chi connectivity index (χ4v) is 2.31. The summed E-state index contributed by atoms with van der Waals surface area (Å²) in [5, 5.41) is 10.8. The fourth-order valence-electron chi connectivity index (χ4n) is 2.07. The normalized spacial score (nSPS) is 18.7. The molecule has 0 bridgehead atoms. The number of hydrogen-bond acceptors (Lipinski definition) is 4. The maximum absolute atomic E-state index is 11.9. The minimum Gasteiger partial charge on any atom is -0.397 e. The zero-order valence-corrected chi connectivity index (χ0v) is 10.8. The molecule has 1 heterocycles. The molecule has 1 aromatic rings. The van der Waals surface area contributed by atoms with Gasteiger partial charge in [0.1, 0.15) is 5.02 Å². The lowest BCUT2D eigenvalue weighted by atomic mass is 10.1. The van der Waals surface area contributed by atoms with Crippen LogP contribution < -0.4 is 10.6 Å². The molecule has 1 aliphatic heterocycles. The summed E-state index contributed by atoms with van der Waals surface area (Å²) in [6.45, 7) is 4.07. The summed E-state index contributed by atoms with van der Waals surface area (Å²) >= 11 is 5.75. The third-order valence-electron chi connectivity index (χ3n) is 3.07. The Morgan fingerprint density at radius 2 is 2.26 bits per heavy atom. The van der Waals surface area contributed by atoms with Crippen LogP contribution in [0, 0.1) is 16.0 Å². The molecule has 2 N–H and O–H groups in total. The summed E-state index contributed by atoms with van der Waals surface area (Å²) in [7, 11) is 0. The number of anilines is 2. The van der Waals surface area contributed by atoms with Gasteiger partial charge >= 0.3 is 0 Å². The number of rotatable bonds is 3. The van der Waals surface area contributed by atoms with E-state index < -0.39 is 4.92 Å². The molecule has 6 nitrogen and oxygen atoms in total. The van der Waals surface area contributed by atoms with Crippen molar-refractivity contribution in [2.75, 3.05) is 17.2 Å². The summed E-state index contributed by atoms with van der Waals surface area (Å²) in [5.41, 5.74) is 6.10. The lowest BCUT2D eigenvalue weighted by molar-refractivity contribution is -0.384. The smallest absolute Gasteiger partial charge is 0.290 e. The van der Waals surface area contributed by atoms with Crippen LogP contribution in [-0.2, 0) is 4.79 Å². The Morgan fingerprint density at radius 1 is 1.58 bits per heavy atom. The molecule has 0 aromatic heterocycles. The Labute approximate surface area is 114 Å². The van der Waals surface area contributed by atoms with E-state index in [4.69, 9.17) is 17.3 Å². The Bertz CT molecular complexity index is 574. The Kier molecular flexibility index (Phi) is 3.44. The maximum atomic E-state index is 11.9. The Hall–Kier alpha value is -2.08. The van der Waals surface area contributed by atoms with E-state index in [0.717, 1.165) is 0 Å².